The lowest BCUT2D eigenvalue weighted by Gasteiger charge is -2.12. The topological polar surface area (TPSA) is 37.5 Å². The summed E-state index contributed by atoms with van der Waals surface area (Å²) < 4.78 is 38.8. The molecule has 0 aromatic carbocycles. The van der Waals surface area contributed by atoms with Gasteiger partial charge in [0, 0.05) is 0 Å². The van der Waals surface area contributed by atoms with E-state index in [0.717, 1.165) is 6.07 Å². The first-order chi connectivity index (χ1) is 7.04. The number of aromatic nitrogens is 2. The number of aliphatic hydroxyl groups excluding tert-OH is 1. The van der Waals surface area contributed by atoms with E-state index in [2.05, 4.69) is 4.98 Å². The zero-order valence-corrected chi connectivity index (χ0v) is 7.49. The van der Waals surface area contributed by atoms with Gasteiger partial charge in [0.25, 0.3) is 0 Å². The first kappa shape index (κ1) is 9.97. The van der Waals surface area contributed by atoms with Crippen molar-refractivity contribution in [3.05, 3.63) is 35.9 Å². The Balaban J connectivity index is 2.75. The van der Waals surface area contributed by atoms with Crippen LogP contribution in [0.15, 0.2) is 24.7 Å². The molecule has 0 aliphatic rings. The van der Waals surface area contributed by atoms with Gasteiger partial charge in [0.15, 0.2) is 0 Å². The van der Waals surface area contributed by atoms with Gasteiger partial charge in [0.2, 0.25) is 0 Å². The van der Waals surface area contributed by atoms with Gasteiger partial charge in [-0.1, -0.05) is 0 Å². The molecule has 1 N–H and O–H groups in total. The van der Waals surface area contributed by atoms with Crippen LogP contribution < -0.4 is 0 Å². The zero-order valence-electron chi connectivity index (χ0n) is 7.49. The Bertz CT molecular complexity index is 490. The third-order valence-electron chi connectivity index (χ3n) is 2.14. The highest BCUT2D eigenvalue weighted by Gasteiger charge is 2.34. The quantitative estimate of drug-likeness (QED) is 0.789. The van der Waals surface area contributed by atoms with Gasteiger partial charge in [-0.2, -0.15) is 13.2 Å². The lowest BCUT2D eigenvalue weighted by Crippen LogP contribution is -2.12. The summed E-state index contributed by atoms with van der Waals surface area (Å²) in [6.45, 7) is -0.678. The number of pyridine rings is 1. The first-order valence-corrected chi connectivity index (χ1v) is 4.16. The Morgan fingerprint density at radius 3 is 2.67 bits per heavy atom. The number of imidazole rings is 1. The molecule has 3 nitrogen and oxygen atoms in total. The minimum Gasteiger partial charge on any atom is -0.390 e. The van der Waals surface area contributed by atoms with Crippen LogP contribution in [0.5, 0.6) is 0 Å². The number of rotatable bonds is 1. The molecule has 6 heteroatoms. The summed E-state index contributed by atoms with van der Waals surface area (Å²) in [5.74, 6) is 0. The summed E-state index contributed by atoms with van der Waals surface area (Å²) >= 11 is 0. The van der Waals surface area contributed by atoms with Gasteiger partial charge in [-0.05, 0) is 12.1 Å². The average Bonchev–Trinajstić information content (AvgIpc) is 2.61. The minimum atomic E-state index is -4.46. The van der Waals surface area contributed by atoms with Gasteiger partial charge >= 0.3 is 6.18 Å². The monoisotopic (exact) mass is 216 g/mol. The summed E-state index contributed by atoms with van der Waals surface area (Å²) in [6.07, 6.45) is -1.79. The van der Waals surface area contributed by atoms with E-state index >= 15 is 0 Å². The van der Waals surface area contributed by atoms with Crippen LogP contribution in [0.4, 0.5) is 13.2 Å². The molecule has 0 spiro atoms. The van der Waals surface area contributed by atoms with Crippen LogP contribution in [0.25, 0.3) is 5.52 Å². The second-order valence-electron chi connectivity index (χ2n) is 3.04. The highest BCUT2D eigenvalue weighted by atomic mass is 19.4. The molecule has 15 heavy (non-hydrogen) atoms. The van der Waals surface area contributed by atoms with Gasteiger partial charge in [0.1, 0.15) is 0 Å². The molecule has 0 radical (unpaired) electrons. The maximum atomic E-state index is 12.5. The fourth-order valence-corrected chi connectivity index (χ4v) is 1.47. The molecular formula is C9H7F3N2O. The molecule has 0 atom stereocenters. The van der Waals surface area contributed by atoms with Crippen LogP contribution in [-0.2, 0) is 12.8 Å². The van der Waals surface area contributed by atoms with E-state index in [1.54, 1.807) is 0 Å². The standard InChI is InChI=1S/C9H7F3N2O/c10-9(11,12)7-2-1-6-3-13-5-14(6)8(7)4-15/h1-3,5,15H,4H2. The molecule has 0 aliphatic carbocycles. The van der Waals surface area contributed by atoms with Crippen molar-refractivity contribution in [1.29, 1.82) is 0 Å². The Labute approximate surface area is 82.8 Å². The van der Waals surface area contributed by atoms with Crippen molar-refractivity contribution in [1.82, 2.24) is 9.38 Å². The molecule has 0 saturated carbocycles. The second kappa shape index (κ2) is 3.23. The molecule has 80 valence electrons. The lowest BCUT2D eigenvalue weighted by atomic mass is 10.2. The number of aliphatic hydroxyl groups is 1. The van der Waals surface area contributed by atoms with Crippen LogP contribution in [0.2, 0.25) is 0 Å². The summed E-state index contributed by atoms with van der Waals surface area (Å²) in [5.41, 5.74) is -0.514. The normalized spacial score (nSPS) is 12.3. The Morgan fingerprint density at radius 2 is 2.07 bits per heavy atom. The van der Waals surface area contributed by atoms with Crippen molar-refractivity contribution in [2.45, 2.75) is 12.8 Å². The van der Waals surface area contributed by atoms with E-state index in [0.29, 0.717) is 5.52 Å². The summed E-state index contributed by atoms with van der Waals surface area (Å²) in [5, 5.41) is 8.95. The van der Waals surface area contributed by atoms with Crippen LogP contribution in [-0.4, -0.2) is 14.5 Å². The summed E-state index contributed by atoms with van der Waals surface area (Å²) in [6, 6.07) is 2.26. The molecule has 2 heterocycles. The van der Waals surface area contributed by atoms with E-state index in [9.17, 15) is 13.2 Å². The van der Waals surface area contributed by atoms with Gasteiger partial charge in [-0.15, -0.1) is 0 Å². The van der Waals surface area contributed by atoms with Gasteiger partial charge in [0.05, 0.1) is 35.9 Å². The molecule has 0 saturated heterocycles. The molecule has 0 bridgehead atoms. The van der Waals surface area contributed by atoms with Crippen LogP contribution >= 0.6 is 0 Å². The molecular weight excluding hydrogens is 209 g/mol. The molecule has 0 aliphatic heterocycles. The van der Waals surface area contributed by atoms with Crippen molar-refractivity contribution in [3.8, 4) is 0 Å². The Hall–Kier alpha value is -1.56. The predicted molar refractivity (Wildman–Crippen MR) is 46.1 cm³/mol. The fraction of sp³-hybridized carbons (Fsp3) is 0.222. The number of fused-ring (bicyclic) bond motifs is 1. The van der Waals surface area contributed by atoms with Crippen molar-refractivity contribution in [2.75, 3.05) is 0 Å². The van der Waals surface area contributed by atoms with Gasteiger partial charge in [-0.25, -0.2) is 4.98 Å². The van der Waals surface area contributed by atoms with E-state index in [1.165, 1.54) is 23.0 Å². The largest absolute Gasteiger partial charge is 0.418 e. The van der Waals surface area contributed by atoms with Crippen LogP contribution in [0, 0.1) is 0 Å². The van der Waals surface area contributed by atoms with Crippen molar-refractivity contribution in [3.63, 3.8) is 0 Å². The number of alkyl halides is 3. The molecule has 2 aromatic heterocycles. The highest BCUT2D eigenvalue weighted by Crippen LogP contribution is 2.32. The van der Waals surface area contributed by atoms with E-state index in [-0.39, 0.29) is 5.69 Å². The fourth-order valence-electron chi connectivity index (χ4n) is 1.47. The number of hydrogen-bond acceptors (Lipinski definition) is 2. The van der Waals surface area contributed by atoms with E-state index in [4.69, 9.17) is 5.11 Å². The highest BCUT2D eigenvalue weighted by molar-refractivity contribution is 5.48. The Kier molecular flexibility index (Phi) is 2.15. The third-order valence-corrected chi connectivity index (χ3v) is 2.14. The van der Waals surface area contributed by atoms with Crippen LogP contribution in [0.1, 0.15) is 11.3 Å². The van der Waals surface area contributed by atoms with Gasteiger partial charge < -0.3 is 9.51 Å². The zero-order chi connectivity index (χ0) is 11.1. The average molecular weight is 216 g/mol. The number of nitrogens with zero attached hydrogens (tertiary/aromatic N) is 2. The van der Waals surface area contributed by atoms with E-state index in [1.807, 2.05) is 0 Å². The molecule has 0 unspecified atom stereocenters. The van der Waals surface area contributed by atoms with Crippen molar-refractivity contribution < 1.29 is 18.3 Å². The lowest BCUT2D eigenvalue weighted by molar-refractivity contribution is -0.139. The summed E-state index contributed by atoms with van der Waals surface area (Å²) in [4.78, 5) is 3.72. The maximum absolute atomic E-state index is 12.5. The minimum absolute atomic E-state index is 0.197. The summed E-state index contributed by atoms with van der Waals surface area (Å²) in [7, 11) is 0. The SMILES string of the molecule is OCc1c(C(F)(F)F)ccc2cncn12. The predicted octanol–water partition coefficient (Wildman–Crippen LogP) is 1.85. The molecule has 2 rings (SSSR count). The van der Waals surface area contributed by atoms with E-state index < -0.39 is 18.3 Å². The third kappa shape index (κ3) is 1.56. The van der Waals surface area contributed by atoms with Crippen molar-refractivity contribution >= 4 is 5.52 Å². The molecule has 0 fully saturated rings. The van der Waals surface area contributed by atoms with Gasteiger partial charge in [-0.3, -0.25) is 0 Å². The smallest absolute Gasteiger partial charge is 0.390 e. The Morgan fingerprint density at radius 1 is 1.33 bits per heavy atom. The van der Waals surface area contributed by atoms with Crippen LogP contribution in [0.3, 0.4) is 0 Å². The molecule has 0 amide bonds. The first-order valence-electron chi connectivity index (χ1n) is 4.16. The molecule has 2 aromatic rings. The second-order valence-corrected chi connectivity index (χ2v) is 3.04. The maximum Gasteiger partial charge on any atom is 0.418 e. The number of halogens is 3. The van der Waals surface area contributed by atoms with Crippen molar-refractivity contribution in [2.24, 2.45) is 0 Å². The number of hydrogen-bond donors (Lipinski definition) is 1.